The number of hydrogen-bond acceptors (Lipinski definition) is 4. The van der Waals surface area contributed by atoms with Gasteiger partial charge in [0.05, 0.1) is 13.2 Å². The van der Waals surface area contributed by atoms with Gasteiger partial charge in [-0.05, 0) is 12.1 Å². The SMILES string of the molecule is Oc1ccc(O)c(OC2CCOC2)c1. The van der Waals surface area contributed by atoms with Gasteiger partial charge in [-0.15, -0.1) is 0 Å². The van der Waals surface area contributed by atoms with E-state index in [2.05, 4.69) is 0 Å². The molecule has 76 valence electrons. The second-order valence-electron chi connectivity index (χ2n) is 3.26. The molecule has 0 bridgehead atoms. The third-order valence-electron chi connectivity index (χ3n) is 2.12. The highest BCUT2D eigenvalue weighted by Crippen LogP contribution is 2.31. The van der Waals surface area contributed by atoms with E-state index in [1.165, 1.54) is 18.2 Å². The molecule has 1 atom stereocenters. The number of benzene rings is 1. The predicted molar refractivity (Wildman–Crippen MR) is 49.6 cm³/mol. The average Bonchev–Trinajstić information content (AvgIpc) is 2.64. The molecule has 14 heavy (non-hydrogen) atoms. The largest absolute Gasteiger partial charge is 0.508 e. The van der Waals surface area contributed by atoms with Crippen molar-refractivity contribution in [3.8, 4) is 17.2 Å². The van der Waals surface area contributed by atoms with Gasteiger partial charge in [0.15, 0.2) is 11.5 Å². The zero-order valence-corrected chi connectivity index (χ0v) is 7.64. The molecule has 4 nitrogen and oxygen atoms in total. The van der Waals surface area contributed by atoms with E-state index in [0.717, 1.165) is 6.42 Å². The lowest BCUT2D eigenvalue weighted by Crippen LogP contribution is -2.15. The van der Waals surface area contributed by atoms with Crippen molar-refractivity contribution in [3.05, 3.63) is 18.2 Å². The maximum Gasteiger partial charge on any atom is 0.165 e. The van der Waals surface area contributed by atoms with Crippen LogP contribution in [0.25, 0.3) is 0 Å². The zero-order chi connectivity index (χ0) is 9.97. The van der Waals surface area contributed by atoms with Gasteiger partial charge in [-0.3, -0.25) is 0 Å². The smallest absolute Gasteiger partial charge is 0.165 e. The highest BCUT2D eigenvalue weighted by atomic mass is 16.5. The molecular weight excluding hydrogens is 184 g/mol. The molecule has 0 saturated carbocycles. The molecule has 0 spiro atoms. The molecule has 1 heterocycles. The summed E-state index contributed by atoms with van der Waals surface area (Å²) in [6.45, 7) is 1.22. The van der Waals surface area contributed by atoms with E-state index in [9.17, 15) is 10.2 Å². The first kappa shape index (κ1) is 9.15. The molecule has 1 aliphatic heterocycles. The summed E-state index contributed by atoms with van der Waals surface area (Å²) in [6.07, 6.45) is 0.789. The van der Waals surface area contributed by atoms with Crippen molar-refractivity contribution < 1.29 is 19.7 Å². The van der Waals surface area contributed by atoms with Gasteiger partial charge < -0.3 is 19.7 Å². The van der Waals surface area contributed by atoms with Crippen LogP contribution in [-0.2, 0) is 4.74 Å². The summed E-state index contributed by atoms with van der Waals surface area (Å²) in [5.41, 5.74) is 0. The summed E-state index contributed by atoms with van der Waals surface area (Å²) >= 11 is 0. The van der Waals surface area contributed by atoms with Gasteiger partial charge in [0.25, 0.3) is 0 Å². The second kappa shape index (κ2) is 3.75. The summed E-state index contributed by atoms with van der Waals surface area (Å²) < 4.78 is 10.6. The fourth-order valence-electron chi connectivity index (χ4n) is 1.38. The molecule has 2 N–H and O–H groups in total. The van der Waals surface area contributed by atoms with Crippen molar-refractivity contribution in [2.75, 3.05) is 13.2 Å². The van der Waals surface area contributed by atoms with E-state index in [4.69, 9.17) is 9.47 Å². The van der Waals surface area contributed by atoms with Crippen molar-refractivity contribution in [2.24, 2.45) is 0 Å². The van der Waals surface area contributed by atoms with E-state index in [1.807, 2.05) is 0 Å². The standard InChI is InChI=1S/C10H12O4/c11-7-1-2-9(12)10(5-7)14-8-3-4-13-6-8/h1-2,5,8,11-12H,3-4,6H2. The fraction of sp³-hybridized carbons (Fsp3) is 0.400. The maximum absolute atomic E-state index is 9.42. The van der Waals surface area contributed by atoms with Gasteiger partial charge in [-0.2, -0.15) is 0 Å². The predicted octanol–water partition coefficient (Wildman–Crippen LogP) is 1.27. The van der Waals surface area contributed by atoms with Crippen LogP contribution < -0.4 is 4.74 Å². The normalized spacial score (nSPS) is 21.0. The zero-order valence-electron chi connectivity index (χ0n) is 7.64. The summed E-state index contributed by atoms with van der Waals surface area (Å²) in [6, 6.07) is 4.21. The molecule has 1 fully saturated rings. The summed E-state index contributed by atoms with van der Waals surface area (Å²) in [4.78, 5) is 0. The van der Waals surface area contributed by atoms with E-state index >= 15 is 0 Å². The van der Waals surface area contributed by atoms with Gasteiger partial charge in [-0.1, -0.05) is 0 Å². The van der Waals surface area contributed by atoms with Crippen molar-refractivity contribution in [1.82, 2.24) is 0 Å². The molecule has 0 radical (unpaired) electrons. The van der Waals surface area contributed by atoms with E-state index in [1.54, 1.807) is 0 Å². The number of rotatable bonds is 2. The molecule has 0 aromatic heterocycles. The molecular formula is C10H12O4. The number of phenolic OH excluding ortho intramolecular Hbond substituents is 2. The first-order chi connectivity index (χ1) is 6.75. The second-order valence-corrected chi connectivity index (χ2v) is 3.26. The molecule has 1 aromatic rings. The molecule has 0 aliphatic carbocycles. The highest BCUT2D eigenvalue weighted by Gasteiger charge is 2.18. The van der Waals surface area contributed by atoms with Crippen LogP contribution >= 0.6 is 0 Å². The van der Waals surface area contributed by atoms with Crippen molar-refractivity contribution in [2.45, 2.75) is 12.5 Å². The highest BCUT2D eigenvalue weighted by molar-refractivity contribution is 5.44. The van der Waals surface area contributed by atoms with E-state index < -0.39 is 0 Å². The molecule has 4 heteroatoms. The number of phenols is 2. The molecule has 1 saturated heterocycles. The Kier molecular flexibility index (Phi) is 2.45. The third-order valence-corrected chi connectivity index (χ3v) is 2.12. The van der Waals surface area contributed by atoms with Gasteiger partial charge in [0, 0.05) is 12.5 Å². The molecule has 2 rings (SSSR count). The molecule has 1 aliphatic rings. The lowest BCUT2D eigenvalue weighted by molar-refractivity contribution is 0.138. The van der Waals surface area contributed by atoms with Gasteiger partial charge >= 0.3 is 0 Å². The minimum atomic E-state index is -0.0253. The van der Waals surface area contributed by atoms with E-state index in [-0.39, 0.29) is 17.6 Å². The van der Waals surface area contributed by atoms with Crippen LogP contribution in [0, 0.1) is 0 Å². The Labute approximate surface area is 81.7 Å². The van der Waals surface area contributed by atoms with Crippen LogP contribution in [-0.4, -0.2) is 29.5 Å². The first-order valence-corrected chi connectivity index (χ1v) is 4.52. The van der Waals surface area contributed by atoms with Crippen molar-refractivity contribution in [1.29, 1.82) is 0 Å². The third kappa shape index (κ3) is 1.90. The summed E-state index contributed by atoms with van der Waals surface area (Å²) in [5, 5.41) is 18.6. The van der Waals surface area contributed by atoms with Gasteiger partial charge in [0.1, 0.15) is 11.9 Å². The first-order valence-electron chi connectivity index (χ1n) is 4.52. The van der Waals surface area contributed by atoms with Crippen LogP contribution in [0.3, 0.4) is 0 Å². The van der Waals surface area contributed by atoms with Crippen molar-refractivity contribution in [3.63, 3.8) is 0 Å². The summed E-state index contributed by atoms with van der Waals surface area (Å²) in [7, 11) is 0. The van der Waals surface area contributed by atoms with E-state index in [0.29, 0.717) is 19.0 Å². The molecule has 1 unspecified atom stereocenters. The summed E-state index contributed by atoms with van der Waals surface area (Å²) in [5.74, 6) is 0.423. The Morgan fingerprint density at radius 1 is 1.36 bits per heavy atom. The Hall–Kier alpha value is -1.42. The maximum atomic E-state index is 9.42. The monoisotopic (exact) mass is 196 g/mol. The lowest BCUT2D eigenvalue weighted by Gasteiger charge is -2.12. The Morgan fingerprint density at radius 2 is 2.21 bits per heavy atom. The lowest BCUT2D eigenvalue weighted by atomic mass is 10.3. The van der Waals surface area contributed by atoms with Crippen LogP contribution in [0.15, 0.2) is 18.2 Å². The van der Waals surface area contributed by atoms with Crippen molar-refractivity contribution >= 4 is 0 Å². The average molecular weight is 196 g/mol. The fourth-order valence-corrected chi connectivity index (χ4v) is 1.38. The van der Waals surface area contributed by atoms with Crippen LogP contribution in [0.1, 0.15) is 6.42 Å². The number of ether oxygens (including phenoxy) is 2. The Bertz CT molecular complexity index is 318. The Morgan fingerprint density at radius 3 is 2.93 bits per heavy atom. The minimum absolute atomic E-state index is 0.0253. The quantitative estimate of drug-likeness (QED) is 0.699. The number of aromatic hydroxyl groups is 2. The number of hydrogen-bond donors (Lipinski definition) is 2. The van der Waals surface area contributed by atoms with Crippen LogP contribution in [0.5, 0.6) is 17.2 Å². The van der Waals surface area contributed by atoms with Crippen LogP contribution in [0.2, 0.25) is 0 Å². The Balaban J connectivity index is 2.10. The molecule has 0 amide bonds. The minimum Gasteiger partial charge on any atom is -0.508 e. The van der Waals surface area contributed by atoms with Crippen LogP contribution in [0.4, 0.5) is 0 Å². The van der Waals surface area contributed by atoms with Gasteiger partial charge in [0.2, 0.25) is 0 Å². The van der Waals surface area contributed by atoms with Gasteiger partial charge in [-0.25, -0.2) is 0 Å². The topological polar surface area (TPSA) is 58.9 Å². The molecule has 1 aromatic carbocycles.